The van der Waals surface area contributed by atoms with E-state index >= 15 is 0 Å². The molecule has 0 amide bonds. The van der Waals surface area contributed by atoms with Crippen molar-refractivity contribution in [2.75, 3.05) is 6.61 Å². The summed E-state index contributed by atoms with van der Waals surface area (Å²) in [7, 11) is 0. The summed E-state index contributed by atoms with van der Waals surface area (Å²) in [5.41, 5.74) is 5.36. The molecule has 2 rings (SSSR count). The van der Waals surface area contributed by atoms with E-state index in [1.807, 2.05) is 44.2 Å². The number of ether oxygens (including phenoxy) is 1. The molecule has 1 unspecified atom stereocenters. The number of halogens is 1. The average molecular weight is 274 g/mol. The Morgan fingerprint density at radius 1 is 1.15 bits per heavy atom. The minimum absolute atomic E-state index is 0.250. The summed E-state index contributed by atoms with van der Waals surface area (Å²) < 4.78 is 18.9. The second kappa shape index (κ2) is 6.50. The number of aryl methyl sites for hydroxylation is 1. The molecule has 3 nitrogen and oxygen atoms in total. The van der Waals surface area contributed by atoms with E-state index in [1.54, 1.807) is 0 Å². The summed E-state index contributed by atoms with van der Waals surface area (Å²) in [6, 6.07) is 12.3. The highest BCUT2D eigenvalue weighted by molar-refractivity contribution is 5.37. The molecule has 0 aliphatic rings. The highest BCUT2D eigenvalue weighted by atomic mass is 19.1. The smallest absolute Gasteiger partial charge is 0.123 e. The molecule has 0 aliphatic heterocycles. The predicted octanol–water partition coefficient (Wildman–Crippen LogP) is 3.09. The van der Waals surface area contributed by atoms with Gasteiger partial charge in [0.1, 0.15) is 11.6 Å². The standard InChI is InChI=1S/C16H19FN2O/c1-3-20-15-6-4-12(5-7-15)16(19-18)13-8-11(2)9-14(17)10-13/h4-10,16,19H,3,18H2,1-2H3. The maximum atomic E-state index is 13.5. The Morgan fingerprint density at radius 2 is 1.85 bits per heavy atom. The molecule has 0 fully saturated rings. The summed E-state index contributed by atoms with van der Waals surface area (Å²) in [5.74, 6) is 6.18. The number of hydrogen-bond acceptors (Lipinski definition) is 3. The Bertz CT molecular complexity index is 549. The van der Waals surface area contributed by atoms with Crippen molar-refractivity contribution in [2.45, 2.75) is 19.9 Å². The average Bonchev–Trinajstić information content (AvgIpc) is 2.41. The molecule has 4 heteroatoms. The predicted molar refractivity (Wildman–Crippen MR) is 77.9 cm³/mol. The van der Waals surface area contributed by atoms with E-state index in [2.05, 4.69) is 5.43 Å². The highest BCUT2D eigenvalue weighted by Crippen LogP contribution is 2.25. The largest absolute Gasteiger partial charge is 0.494 e. The molecular weight excluding hydrogens is 255 g/mol. The number of nitrogens with one attached hydrogen (secondary N) is 1. The molecule has 0 bridgehead atoms. The maximum absolute atomic E-state index is 13.5. The van der Waals surface area contributed by atoms with Gasteiger partial charge in [-0.1, -0.05) is 18.2 Å². The van der Waals surface area contributed by atoms with Crippen LogP contribution in [0.2, 0.25) is 0 Å². The molecule has 0 heterocycles. The normalized spacial score (nSPS) is 12.2. The van der Waals surface area contributed by atoms with E-state index < -0.39 is 0 Å². The van der Waals surface area contributed by atoms with Crippen LogP contribution in [0.5, 0.6) is 5.75 Å². The van der Waals surface area contributed by atoms with Crippen molar-refractivity contribution < 1.29 is 9.13 Å². The summed E-state index contributed by atoms with van der Waals surface area (Å²) in [5, 5.41) is 0. The molecule has 1 atom stereocenters. The third-order valence-corrected chi connectivity index (χ3v) is 3.09. The summed E-state index contributed by atoms with van der Waals surface area (Å²) in [6.07, 6.45) is 0. The van der Waals surface area contributed by atoms with Crippen molar-refractivity contribution >= 4 is 0 Å². The van der Waals surface area contributed by atoms with Gasteiger partial charge >= 0.3 is 0 Å². The van der Waals surface area contributed by atoms with E-state index in [0.717, 1.165) is 22.4 Å². The van der Waals surface area contributed by atoms with Crippen LogP contribution >= 0.6 is 0 Å². The van der Waals surface area contributed by atoms with Gasteiger partial charge in [0, 0.05) is 0 Å². The number of hydrazine groups is 1. The lowest BCUT2D eigenvalue weighted by Gasteiger charge is -2.18. The topological polar surface area (TPSA) is 47.3 Å². The fourth-order valence-electron chi connectivity index (χ4n) is 2.24. The molecule has 0 spiro atoms. The summed E-state index contributed by atoms with van der Waals surface area (Å²) >= 11 is 0. The zero-order chi connectivity index (χ0) is 14.5. The summed E-state index contributed by atoms with van der Waals surface area (Å²) in [6.45, 7) is 4.42. The van der Waals surface area contributed by atoms with Crippen molar-refractivity contribution in [3.63, 3.8) is 0 Å². The first-order valence-electron chi connectivity index (χ1n) is 6.60. The second-order valence-electron chi connectivity index (χ2n) is 4.66. The minimum atomic E-state index is -0.258. The second-order valence-corrected chi connectivity index (χ2v) is 4.66. The van der Waals surface area contributed by atoms with Gasteiger partial charge in [-0.15, -0.1) is 0 Å². The third kappa shape index (κ3) is 3.35. The zero-order valence-corrected chi connectivity index (χ0v) is 11.7. The fraction of sp³-hybridized carbons (Fsp3) is 0.250. The first-order valence-corrected chi connectivity index (χ1v) is 6.60. The lowest BCUT2D eigenvalue weighted by molar-refractivity contribution is 0.340. The zero-order valence-electron chi connectivity index (χ0n) is 11.7. The number of hydrogen-bond donors (Lipinski definition) is 2. The van der Waals surface area contributed by atoms with E-state index in [-0.39, 0.29) is 11.9 Å². The van der Waals surface area contributed by atoms with Crippen LogP contribution in [0.4, 0.5) is 4.39 Å². The monoisotopic (exact) mass is 274 g/mol. The Kier molecular flexibility index (Phi) is 4.71. The van der Waals surface area contributed by atoms with Gasteiger partial charge in [-0.05, 0) is 54.8 Å². The Morgan fingerprint density at radius 3 is 2.40 bits per heavy atom. The van der Waals surface area contributed by atoms with E-state index in [4.69, 9.17) is 10.6 Å². The van der Waals surface area contributed by atoms with Gasteiger partial charge in [0.15, 0.2) is 0 Å². The lowest BCUT2D eigenvalue weighted by atomic mass is 9.97. The molecule has 0 aromatic heterocycles. The van der Waals surface area contributed by atoms with Crippen LogP contribution in [0, 0.1) is 12.7 Å². The van der Waals surface area contributed by atoms with Gasteiger partial charge in [-0.3, -0.25) is 5.84 Å². The number of nitrogens with two attached hydrogens (primary N) is 1. The van der Waals surface area contributed by atoms with Crippen molar-refractivity contribution in [1.82, 2.24) is 5.43 Å². The van der Waals surface area contributed by atoms with Crippen LogP contribution in [-0.2, 0) is 0 Å². The molecule has 0 aliphatic carbocycles. The third-order valence-electron chi connectivity index (χ3n) is 3.09. The van der Waals surface area contributed by atoms with Gasteiger partial charge in [0.2, 0.25) is 0 Å². The van der Waals surface area contributed by atoms with Crippen LogP contribution < -0.4 is 16.0 Å². The molecule has 2 aromatic carbocycles. The molecular formula is C16H19FN2O. The Balaban J connectivity index is 2.31. The van der Waals surface area contributed by atoms with Gasteiger partial charge < -0.3 is 4.74 Å². The quantitative estimate of drug-likeness (QED) is 0.650. The van der Waals surface area contributed by atoms with E-state index in [1.165, 1.54) is 12.1 Å². The van der Waals surface area contributed by atoms with Crippen LogP contribution in [0.1, 0.15) is 29.7 Å². The van der Waals surface area contributed by atoms with Crippen LogP contribution in [-0.4, -0.2) is 6.61 Å². The Hall–Kier alpha value is -1.91. The SMILES string of the molecule is CCOc1ccc(C(NN)c2cc(C)cc(F)c2)cc1. The van der Waals surface area contributed by atoms with Gasteiger partial charge in [-0.2, -0.15) is 0 Å². The first kappa shape index (κ1) is 14.5. The van der Waals surface area contributed by atoms with Crippen molar-refractivity contribution in [2.24, 2.45) is 5.84 Å². The van der Waals surface area contributed by atoms with Crippen LogP contribution in [0.25, 0.3) is 0 Å². The number of rotatable bonds is 5. The Labute approximate surface area is 118 Å². The van der Waals surface area contributed by atoms with Gasteiger partial charge in [-0.25, -0.2) is 9.82 Å². The van der Waals surface area contributed by atoms with Crippen LogP contribution in [0.3, 0.4) is 0 Å². The molecule has 0 saturated heterocycles. The maximum Gasteiger partial charge on any atom is 0.123 e. The van der Waals surface area contributed by atoms with E-state index in [0.29, 0.717) is 6.61 Å². The molecule has 106 valence electrons. The van der Waals surface area contributed by atoms with Crippen molar-refractivity contribution in [1.29, 1.82) is 0 Å². The highest BCUT2D eigenvalue weighted by Gasteiger charge is 2.13. The fourth-order valence-corrected chi connectivity index (χ4v) is 2.24. The van der Waals surface area contributed by atoms with Crippen molar-refractivity contribution in [3.05, 3.63) is 65.0 Å². The molecule has 20 heavy (non-hydrogen) atoms. The van der Waals surface area contributed by atoms with E-state index in [9.17, 15) is 4.39 Å². The molecule has 0 radical (unpaired) electrons. The lowest BCUT2D eigenvalue weighted by Crippen LogP contribution is -2.29. The van der Waals surface area contributed by atoms with Gasteiger partial charge in [0.05, 0.1) is 12.6 Å². The molecule has 0 saturated carbocycles. The first-order chi connectivity index (χ1) is 9.63. The van der Waals surface area contributed by atoms with Gasteiger partial charge in [0.25, 0.3) is 0 Å². The summed E-state index contributed by atoms with van der Waals surface area (Å²) in [4.78, 5) is 0. The van der Waals surface area contributed by atoms with Crippen LogP contribution in [0.15, 0.2) is 42.5 Å². The minimum Gasteiger partial charge on any atom is -0.494 e. The molecule has 3 N–H and O–H groups in total. The van der Waals surface area contributed by atoms with Crippen molar-refractivity contribution in [3.8, 4) is 5.75 Å². The number of benzene rings is 2. The molecule has 2 aromatic rings.